The number of allylic oxidation sites excluding steroid dienone is 1. The van der Waals surface area contributed by atoms with Crippen LogP contribution in [0.15, 0.2) is 21.6 Å². The molecule has 0 amide bonds. The molecule has 1 aromatic rings. The Bertz CT molecular complexity index is 721. The fourth-order valence-electron chi connectivity index (χ4n) is 4.08. The van der Waals surface area contributed by atoms with E-state index in [-0.39, 0.29) is 0 Å². The van der Waals surface area contributed by atoms with Crippen molar-refractivity contribution in [3.05, 3.63) is 33.4 Å². The van der Waals surface area contributed by atoms with E-state index < -0.39 is 0 Å². The van der Waals surface area contributed by atoms with E-state index in [4.69, 9.17) is 14.7 Å². The smallest absolute Gasteiger partial charge is 0.229 e. The summed E-state index contributed by atoms with van der Waals surface area (Å²) in [4.78, 5) is 11.8. The van der Waals surface area contributed by atoms with Crippen LogP contribution in [-0.4, -0.2) is 42.5 Å². The van der Waals surface area contributed by atoms with Crippen molar-refractivity contribution in [2.75, 3.05) is 20.8 Å². The van der Waals surface area contributed by atoms with Crippen molar-refractivity contribution in [2.45, 2.75) is 64.8 Å². The summed E-state index contributed by atoms with van der Waals surface area (Å²) in [6, 6.07) is 0.326. The van der Waals surface area contributed by atoms with Crippen molar-refractivity contribution in [1.29, 1.82) is 0 Å². The Morgan fingerprint density at radius 1 is 1.19 bits per heavy atom. The average Bonchev–Trinajstić information content (AvgIpc) is 2.68. The maximum atomic E-state index is 5.83. The van der Waals surface area contributed by atoms with E-state index in [2.05, 4.69) is 41.9 Å². The van der Waals surface area contributed by atoms with Gasteiger partial charge in [-0.15, -0.1) is 0 Å². The van der Waals surface area contributed by atoms with E-state index >= 15 is 0 Å². The second-order valence-corrected chi connectivity index (χ2v) is 8.95. The first-order valence-corrected chi connectivity index (χ1v) is 10.9. The summed E-state index contributed by atoms with van der Waals surface area (Å²) in [5.41, 5.74) is 4.90. The number of rotatable bonds is 6. The third-order valence-electron chi connectivity index (χ3n) is 5.63. The molecule has 1 aliphatic carbocycles. The fraction of sp³-hybridized carbons (Fsp3) is 0.636. The third kappa shape index (κ3) is 5.20. The first-order valence-electron chi connectivity index (χ1n) is 10.1. The van der Waals surface area contributed by atoms with Crippen molar-refractivity contribution in [3.63, 3.8) is 0 Å². The van der Waals surface area contributed by atoms with Crippen LogP contribution >= 0.6 is 15.9 Å². The third-order valence-corrected chi connectivity index (χ3v) is 6.56. The van der Waals surface area contributed by atoms with Gasteiger partial charge in [0.25, 0.3) is 0 Å². The van der Waals surface area contributed by atoms with Crippen LogP contribution in [0.3, 0.4) is 0 Å². The molecule has 1 atom stereocenters. The van der Waals surface area contributed by atoms with Crippen LogP contribution in [0.4, 0.5) is 0 Å². The molecule has 0 saturated heterocycles. The zero-order valence-electron chi connectivity index (χ0n) is 17.1. The predicted octanol–water partition coefficient (Wildman–Crippen LogP) is 5.25. The lowest BCUT2D eigenvalue weighted by molar-refractivity contribution is 0.172. The van der Waals surface area contributed by atoms with Crippen LogP contribution in [-0.2, 0) is 6.42 Å². The minimum absolute atomic E-state index is 0.326. The van der Waals surface area contributed by atoms with Gasteiger partial charge in [-0.2, -0.15) is 0 Å². The molecule has 4 nitrogen and oxygen atoms in total. The number of dihydropyridines is 1. The maximum absolute atomic E-state index is 5.83. The molecule has 1 aliphatic heterocycles. The SMILES string of the molecule is Cc1nc(OCN(C)C)c(Br)c(C)c1CC1CC=CC(C2CCCCC2)=N1. The van der Waals surface area contributed by atoms with Gasteiger partial charge in [0.05, 0.1) is 10.5 Å². The number of aliphatic imine (C=N–C) groups is 1. The van der Waals surface area contributed by atoms with E-state index in [1.165, 1.54) is 48.9 Å². The van der Waals surface area contributed by atoms with Crippen LogP contribution in [0.25, 0.3) is 0 Å². The molecule has 148 valence electrons. The number of ether oxygens (including phenoxy) is 1. The molecule has 1 saturated carbocycles. The molecule has 27 heavy (non-hydrogen) atoms. The van der Waals surface area contributed by atoms with E-state index in [1.807, 2.05) is 19.0 Å². The van der Waals surface area contributed by atoms with Gasteiger partial charge in [0.15, 0.2) is 0 Å². The standard InChI is InChI=1S/C22H32BrN3O/c1-15-19(16(2)24-22(21(15)23)27-14-26(3)4)13-18-11-8-12-20(25-18)17-9-6-5-7-10-17/h8,12,17-18H,5-7,9-11,13-14H2,1-4H3. The summed E-state index contributed by atoms with van der Waals surface area (Å²) in [5, 5.41) is 0. The van der Waals surface area contributed by atoms with E-state index in [0.717, 1.165) is 23.0 Å². The van der Waals surface area contributed by atoms with E-state index in [0.29, 0.717) is 24.6 Å². The highest BCUT2D eigenvalue weighted by Crippen LogP contribution is 2.33. The van der Waals surface area contributed by atoms with Gasteiger partial charge in [-0.05, 0) is 86.8 Å². The quantitative estimate of drug-likeness (QED) is 0.574. The Morgan fingerprint density at radius 2 is 1.93 bits per heavy atom. The highest BCUT2D eigenvalue weighted by atomic mass is 79.9. The van der Waals surface area contributed by atoms with Crippen molar-refractivity contribution in [3.8, 4) is 5.88 Å². The monoisotopic (exact) mass is 433 g/mol. The van der Waals surface area contributed by atoms with Gasteiger partial charge >= 0.3 is 0 Å². The lowest BCUT2D eigenvalue weighted by Crippen LogP contribution is -2.23. The second kappa shape index (κ2) is 9.33. The van der Waals surface area contributed by atoms with Gasteiger partial charge < -0.3 is 4.74 Å². The Kier molecular flexibility index (Phi) is 7.10. The van der Waals surface area contributed by atoms with Crippen LogP contribution < -0.4 is 4.74 Å². The lowest BCUT2D eigenvalue weighted by atomic mass is 9.84. The number of nitrogens with zero attached hydrogens (tertiary/aromatic N) is 3. The Labute approximate surface area is 172 Å². The highest BCUT2D eigenvalue weighted by molar-refractivity contribution is 9.10. The first kappa shape index (κ1) is 20.5. The first-order chi connectivity index (χ1) is 13.0. The number of hydrogen-bond donors (Lipinski definition) is 0. The summed E-state index contributed by atoms with van der Waals surface area (Å²) >= 11 is 3.70. The molecular formula is C22H32BrN3O. The van der Waals surface area contributed by atoms with Crippen molar-refractivity contribution in [1.82, 2.24) is 9.88 Å². The Hall–Kier alpha value is -1.20. The largest absolute Gasteiger partial charge is 0.461 e. The Balaban J connectivity index is 1.75. The Morgan fingerprint density at radius 3 is 2.63 bits per heavy atom. The summed E-state index contributed by atoms with van der Waals surface area (Å²) in [5.74, 6) is 1.35. The van der Waals surface area contributed by atoms with Crippen molar-refractivity contribution >= 4 is 21.6 Å². The zero-order chi connectivity index (χ0) is 19.4. The molecule has 1 unspecified atom stereocenters. The molecule has 0 spiro atoms. The van der Waals surface area contributed by atoms with Gasteiger partial charge in [-0.1, -0.05) is 25.3 Å². The molecule has 0 N–H and O–H groups in total. The summed E-state index contributed by atoms with van der Waals surface area (Å²) < 4.78 is 6.80. The lowest BCUT2D eigenvalue weighted by Gasteiger charge is -2.26. The number of aryl methyl sites for hydroxylation is 1. The second-order valence-electron chi connectivity index (χ2n) is 8.16. The molecule has 2 heterocycles. The molecule has 0 bridgehead atoms. The van der Waals surface area contributed by atoms with Gasteiger partial charge in [0.1, 0.15) is 6.73 Å². The summed E-state index contributed by atoms with van der Waals surface area (Å²) in [7, 11) is 3.97. The highest BCUT2D eigenvalue weighted by Gasteiger charge is 2.23. The molecule has 1 fully saturated rings. The van der Waals surface area contributed by atoms with Crippen LogP contribution in [0.2, 0.25) is 0 Å². The molecule has 0 aromatic carbocycles. The van der Waals surface area contributed by atoms with Crippen LogP contribution in [0, 0.1) is 19.8 Å². The summed E-state index contributed by atoms with van der Waals surface area (Å²) in [6.07, 6.45) is 13.3. The normalized spacial score (nSPS) is 20.8. The molecule has 1 aromatic heterocycles. The van der Waals surface area contributed by atoms with Gasteiger partial charge in [0.2, 0.25) is 5.88 Å². The van der Waals surface area contributed by atoms with E-state index in [1.54, 1.807) is 0 Å². The molecule has 5 heteroatoms. The van der Waals surface area contributed by atoms with E-state index in [9.17, 15) is 0 Å². The molecule has 2 aliphatic rings. The van der Waals surface area contributed by atoms with Crippen molar-refractivity contribution in [2.24, 2.45) is 10.9 Å². The van der Waals surface area contributed by atoms with Gasteiger partial charge in [-0.25, -0.2) is 4.98 Å². The number of halogens is 1. The summed E-state index contributed by atoms with van der Waals surface area (Å²) in [6.45, 7) is 4.76. The minimum Gasteiger partial charge on any atom is -0.461 e. The fourth-order valence-corrected chi connectivity index (χ4v) is 4.52. The van der Waals surface area contributed by atoms with Crippen LogP contribution in [0.5, 0.6) is 5.88 Å². The average molecular weight is 434 g/mol. The molecule has 0 radical (unpaired) electrons. The number of hydrogen-bond acceptors (Lipinski definition) is 4. The molecular weight excluding hydrogens is 402 g/mol. The van der Waals surface area contributed by atoms with Gasteiger partial charge in [-0.3, -0.25) is 9.89 Å². The van der Waals surface area contributed by atoms with Crippen LogP contribution in [0.1, 0.15) is 55.3 Å². The number of aromatic nitrogens is 1. The zero-order valence-corrected chi connectivity index (χ0v) is 18.7. The molecule has 3 rings (SSSR count). The topological polar surface area (TPSA) is 37.7 Å². The minimum atomic E-state index is 0.326. The van der Waals surface area contributed by atoms with Crippen molar-refractivity contribution < 1.29 is 4.74 Å². The maximum Gasteiger partial charge on any atom is 0.229 e. The van der Waals surface area contributed by atoms with Gasteiger partial charge in [0, 0.05) is 17.3 Å². The predicted molar refractivity (Wildman–Crippen MR) is 116 cm³/mol. The number of pyridine rings is 1.